The van der Waals surface area contributed by atoms with Gasteiger partial charge < -0.3 is 10.2 Å². The lowest BCUT2D eigenvalue weighted by Gasteiger charge is -2.04. The first-order valence-corrected chi connectivity index (χ1v) is 5.48. The molecule has 17 heavy (non-hydrogen) atoms. The average Bonchev–Trinajstić information content (AvgIpc) is 2.28. The maximum atomic E-state index is 11.4. The van der Waals surface area contributed by atoms with E-state index in [0.717, 1.165) is 23.8 Å². The van der Waals surface area contributed by atoms with Crippen LogP contribution in [0.5, 0.6) is 0 Å². The van der Waals surface area contributed by atoms with E-state index in [-0.39, 0.29) is 0 Å². The fourth-order valence-corrected chi connectivity index (χ4v) is 1.86. The number of benzene rings is 1. The van der Waals surface area contributed by atoms with Gasteiger partial charge in [-0.3, -0.25) is 4.79 Å². The van der Waals surface area contributed by atoms with Crippen LogP contribution < -0.4 is 11.4 Å². The molecule has 1 aromatic heterocycles. The molecule has 2 N–H and O–H groups in total. The molecule has 0 radical (unpaired) electrons. The summed E-state index contributed by atoms with van der Waals surface area (Å²) in [6, 6.07) is 6.42. The van der Waals surface area contributed by atoms with Crippen molar-refractivity contribution in [2.24, 2.45) is 5.73 Å². The first-order chi connectivity index (χ1) is 8.11. The Balaban J connectivity index is 2.70. The summed E-state index contributed by atoms with van der Waals surface area (Å²) >= 11 is 0. The van der Waals surface area contributed by atoms with E-state index in [1.54, 1.807) is 12.1 Å². The summed E-state index contributed by atoms with van der Waals surface area (Å²) in [6.07, 6.45) is 1.74. The molecule has 1 amide bonds. The van der Waals surface area contributed by atoms with Crippen LogP contribution in [0.1, 0.15) is 29.3 Å². The lowest BCUT2D eigenvalue weighted by Crippen LogP contribution is -2.11. The van der Waals surface area contributed by atoms with Gasteiger partial charge in [-0.1, -0.05) is 19.4 Å². The van der Waals surface area contributed by atoms with Crippen molar-refractivity contribution in [1.82, 2.24) is 0 Å². The Hall–Kier alpha value is -2.10. The van der Waals surface area contributed by atoms with Crippen molar-refractivity contribution in [3.8, 4) is 0 Å². The molecule has 0 unspecified atom stereocenters. The lowest BCUT2D eigenvalue weighted by atomic mass is 10.0. The number of hydrogen-bond donors (Lipinski definition) is 1. The number of carbonyl (C=O) groups excluding carboxylic acids is 1. The van der Waals surface area contributed by atoms with E-state index >= 15 is 0 Å². The van der Waals surface area contributed by atoms with Crippen molar-refractivity contribution in [1.29, 1.82) is 0 Å². The minimum absolute atomic E-state index is 0.342. The van der Waals surface area contributed by atoms with Crippen molar-refractivity contribution in [3.05, 3.63) is 45.8 Å². The lowest BCUT2D eigenvalue weighted by molar-refractivity contribution is 0.100. The summed E-state index contributed by atoms with van der Waals surface area (Å²) in [5, 5.41) is 0.858. The van der Waals surface area contributed by atoms with Gasteiger partial charge >= 0.3 is 5.63 Å². The highest BCUT2D eigenvalue weighted by molar-refractivity contribution is 5.96. The van der Waals surface area contributed by atoms with Gasteiger partial charge in [0.2, 0.25) is 5.91 Å². The highest BCUT2D eigenvalue weighted by Crippen LogP contribution is 2.19. The Morgan fingerprint density at radius 1 is 1.35 bits per heavy atom. The summed E-state index contributed by atoms with van der Waals surface area (Å²) in [7, 11) is 0. The van der Waals surface area contributed by atoms with Gasteiger partial charge in [-0.25, -0.2) is 4.79 Å². The van der Waals surface area contributed by atoms with Gasteiger partial charge in [0.1, 0.15) is 5.58 Å². The molecule has 0 aliphatic rings. The van der Waals surface area contributed by atoms with Crippen molar-refractivity contribution in [2.45, 2.75) is 19.8 Å². The summed E-state index contributed by atoms with van der Waals surface area (Å²) in [6.45, 7) is 2.04. The van der Waals surface area contributed by atoms with Crippen molar-refractivity contribution >= 4 is 16.9 Å². The Morgan fingerprint density at radius 2 is 2.12 bits per heavy atom. The average molecular weight is 231 g/mol. The number of nitrogens with two attached hydrogens (primary N) is 1. The molecule has 0 saturated heterocycles. The minimum Gasteiger partial charge on any atom is -0.423 e. The van der Waals surface area contributed by atoms with E-state index < -0.39 is 11.5 Å². The monoisotopic (exact) mass is 231 g/mol. The molecule has 0 fully saturated rings. The first kappa shape index (κ1) is 11.4. The van der Waals surface area contributed by atoms with Crippen LogP contribution in [0.3, 0.4) is 0 Å². The summed E-state index contributed by atoms with van der Waals surface area (Å²) in [5.74, 6) is -0.532. The van der Waals surface area contributed by atoms with Crippen molar-refractivity contribution in [2.75, 3.05) is 0 Å². The molecule has 4 nitrogen and oxygen atoms in total. The van der Waals surface area contributed by atoms with E-state index in [2.05, 4.69) is 0 Å². The van der Waals surface area contributed by atoms with Gasteiger partial charge in [-0.15, -0.1) is 0 Å². The van der Waals surface area contributed by atoms with E-state index in [9.17, 15) is 9.59 Å². The molecule has 4 heteroatoms. The highest BCUT2D eigenvalue weighted by atomic mass is 16.4. The largest absolute Gasteiger partial charge is 0.423 e. The molecular weight excluding hydrogens is 218 g/mol. The predicted octanol–water partition coefficient (Wildman–Crippen LogP) is 1.84. The van der Waals surface area contributed by atoms with E-state index in [4.69, 9.17) is 10.2 Å². The summed E-state index contributed by atoms with van der Waals surface area (Å²) in [5.41, 5.74) is 6.48. The Bertz CT molecular complexity index is 628. The van der Waals surface area contributed by atoms with Crippen LogP contribution in [0.4, 0.5) is 0 Å². The number of primary amides is 1. The molecule has 88 valence electrons. The molecule has 2 aromatic rings. The van der Waals surface area contributed by atoms with Gasteiger partial charge in [-0.2, -0.15) is 0 Å². The van der Waals surface area contributed by atoms with Crippen molar-refractivity contribution in [3.63, 3.8) is 0 Å². The first-order valence-electron chi connectivity index (χ1n) is 5.48. The number of fused-ring (bicyclic) bond motifs is 1. The molecule has 2 rings (SSSR count). The fraction of sp³-hybridized carbons (Fsp3) is 0.231. The molecule has 0 saturated carbocycles. The molecule has 0 atom stereocenters. The normalized spacial score (nSPS) is 10.6. The molecule has 1 aromatic carbocycles. The minimum atomic E-state index is -0.532. The quantitative estimate of drug-likeness (QED) is 0.819. The van der Waals surface area contributed by atoms with Crippen LogP contribution in [0.15, 0.2) is 33.5 Å². The molecular formula is C13H13NO3. The second-order valence-corrected chi connectivity index (χ2v) is 3.92. The Kier molecular flexibility index (Phi) is 2.95. The molecule has 0 spiro atoms. The third-order valence-corrected chi connectivity index (χ3v) is 2.63. The van der Waals surface area contributed by atoms with E-state index in [1.807, 2.05) is 6.92 Å². The second-order valence-electron chi connectivity index (χ2n) is 3.92. The zero-order valence-electron chi connectivity index (χ0n) is 9.53. The van der Waals surface area contributed by atoms with Crippen LogP contribution in [0.2, 0.25) is 0 Å². The topological polar surface area (TPSA) is 73.3 Å². The number of aryl methyl sites for hydroxylation is 1. The van der Waals surface area contributed by atoms with Crippen LogP contribution in [-0.2, 0) is 6.42 Å². The Morgan fingerprint density at radius 3 is 2.76 bits per heavy atom. The van der Waals surface area contributed by atoms with Gasteiger partial charge in [0.25, 0.3) is 0 Å². The van der Waals surface area contributed by atoms with Gasteiger partial charge in [0, 0.05) is 17.0 Å². The number of rotatable bonds is 3. The predicted molar refractivity (Wildman–Crippen MR) is 65.0 cm³/mol. The molecule has 0 aliphatic heterocycles. The van der Waals surface area contributed by atoms with Crippen LogP contribution >= 0.6 is 0 Å². The van der Waals surface area contributed by atoms with Crippen molar-refractivity contribution < 1.29 is 9.21 Å². The SMILES string of the molecule is CCCc1cc(=O)oc2cc(C(N)=O)ccc12. The van der Waals surface area contributed by atoms with Gasteiger partial charge in [0.15, 0.2) is 0 Å². The van der Waals surface area contributed by atoms with Gasteiger partial charge in [-0.05, 0) is 24.1 Å². The third kappa shape index (κ3) is 2.20. The van der Waals surface area contributed by atoms with Gasteiger partial charge in [0.05, 0.1) is 0 Å². The molecule has 0 bridgehead atoms. The third-order valence-electron chi connectivity index (χ3n) is 2.63. The summed E-state index contributed by atoms with van der Waals surface area (Å²) in [4.78, 5) is 22.4. The van der Waals surface area contributed by atoms with E-state index in [0.29, 0.717) is 11.1 Å². The standard InChI is InChI=1S/C13H13NO3/c1-2-3-8-7-12(15)17-11-6-9(13(14)16)4-5-10(8)11/h4-7H,2-3H2,1H3,(H2,14,16). The van der Waals surface area contributed by atoms with Crippen LogP contribution in [0.25, 0.3) is 11.0 Å². The Labute approximate surface area is 98.0 Å². The molecule has 1 heterocycles. The number of amides is 1. The highest BCUT2D eigenvalue weighted by Gasteiger charge is 2.08. The second kappa shape index (κ2) is 4.41. The van der Waals surface area contributed by atoms with E-state index in [1.165, 1.54) is 12.1 Å². The van der Waals surface area contributed by atoms with Crippen LogP contribution in [-0.4, -0.2) is 5.91 Å². The number of hydrogen-bond acceptors (Lipinski definition) is 3. The summed E-state index contributed by atoms with van der Waals surface area (Å²) < 4.78 is 5.08. The fourth-order valence-electron chi connectivity index (χ4n) is 1.86. The maximum absolute atomic E-state index is 11.4. The number of carbonyl (C=O) groups is 1. The molecule has 0 aliphatic carbocycles. The smallest absolute Gasteiger partial charge is 0.336 e. The van der Waals surface area contributed by atoms with Crippen LogP contribution in [0, 0.1) is 0 Å². The maximum Gasteiger partial charge on any atom is 0.336 e. The zero-order chi connectivity index (χ0) is 12.4. The zero-order valence-corrected chi connectivity index (χ0v) is 9.53.